The van der Waals surface area contributed by atoms with Gasteiger partial charge in [-0.25, -0.2) is 9.78 Å². The minimum absolute atomic E-state index is 0.307. The molecule has 1 heterocycles. The summed E-state index contributed by atoms with van der Waals surface area (Å²) in [7, 11) is 0. The van der Waals surface area contributed by atoms with Crippen LogP contribution in [0.25, 0.3) is 0 Å². The first-order chi connectivity index (χ1) is 9.61. The number of pyridine rings is 1. The second-order valence-corrected chi connectivity index (χ2v) is 5.24. The third-order valence-corrected chi connectivity index (χ3v) is 3.87. The Bertz CT molecular complexity index is 693. The van der Waals surface area contributed by atoms with Crippen LogP contribution in [0.5, 0.6) is 0 Å². The molecule has 0 saturated carbocycles. The van der Waals surface area contributed by atoms with Gasteiger partial charge in [0.25, 0.3) is 0 Å². The predicted molar refractivity (Wildman–Crippen MR) is 76.7 cm³/mol. The first kappa shape index (κ1) is 14.1. The topological polar surface area (TPSA) is 74.0 Å². The van der Waals surface area contributed by atoms with Crippen LogP contribution in [0.15, 0.2) is 41.4 Å². The maximum absolute atomic E-state index is 11.1. The Morgan fingerprint density at radius 2 is 2.25 bits per heavy atom. The van der Waals surface area contributed by atoms with Crippen molar-refractivity contribution in [3.05, 3.63) is 58.9 Å². The van der Waals surface area contributed by atoms with E-state index in [-0.39, 0.29) is 0 Å². The monoisotopic (exact) mass is 284 g/mol. The molecule has 0 saturated heterocycles. The molecule has 0 aliphatic carbocycles. The number of hydrogen-bond donors (Lipinski definition) is 1. The number of carboxylic acids is 1. The van der Waals surface area contributed by atoms with Crippen LogP contribution in [-0.2, 0) is 5.75 Å². The molecule has 0 aliphatic rings. The third-order valence-electron chi connectivity index (χ3n) is 2.83. The minimum Gasteiger partial charge on any atom is -0.478 e. The Morgan fingerprint density at radius 3 is 2.95 bits per heavy atom. The van der Waals surface area contributed by atoms with Gasteiger partial charge in [-0.05, 0) is 36.2 Å². The van der Waals surface area contributed by atoms with E-state index in [0.717, 1.165) is 16.0 Å². The predicted octanol–water partition coefficient (Wildman–Crippen LogP) is 3.25. The van der Waals surface area contributed by atoms with Crippen molar-refractivity contribution in [2.24, 2.45) is 0 Å². The number of nitriles is 1. The van der Waals surface area contributed by atoms with Gasteiger partial charge in [0.2, 0.25) is 0 Å². The molecule has 0 amide bonds. The van der Waals surface area contributed by atoms with Crippen LogP contribution in [0.4, 0.5) is 0 Å². The first-order valence-electron chi connectivity index (χ1n) is 5.92. The standard InChI is InChI=1S/C15H12N2O2S/c1-10-4-5-12(7-13(10)15(18)19)20-9-11-3-2-6-17-14(11)8-16/h2-7H,9H2,1H3,(H,18,19). The van der Waals surface area contributed by atoms with E-state index < -0.39 is 5.97 Å². The molecule has 0 unspecified atom stereocenters. The smallest absolute Gasteiger partial charge is 0.335 e. The normalized spacial score (nSPS) is 10.0. The van der Waals surface area contributed by atoms with E-state index in [4.69, 9.17) is 10.4 Å². The maximum Gasteiger partial charge on any atom is 0.335 e. The van der Waals surface area contributed by atoms with Crippen LogP contribution in [-0.4, -0.2) is 16.1 Å². The number of aromatic nitrogens is 1. The molecule has 0 fully saturated rings. The summed E-state index contributed by atoms with van der Waals surface area (Å²) in [5, 5.41) is 18.1. The van der Waals surface area contributed by atoms with Gasteiger partial charge in [-0.2, -0.15) is 5.26 Å². The summed E-state index contributed by atoms with van der Waals surface area (Å²) in [6.07, 6.45) is 1.58. The first-order valence-corrected chi connectivity index (χ1v) is 6.91. The van der Waals surface area contributed by atoms with E-state index >= 15 is 0 Å². The summed E-state index contributed by atoms with van der Waals surface area (Å²) in [6.45, 7) is 1.77. The van der Waals surface area contributed by atoms with Crippen molar-refractivity contribution in [3.63, 3.8) is 0 Å². The molecular formula is C15H12N2O2S. The lowest BCUT2D eigenvalue weighted by molar-refractivity contribution is 0.0696. The number of hydrogen-bond acceptors (Lipinski definition) is 4. The molecule has 0 atom stereocenters. The van der Waals surface area contributed by atoms with Crippen molar-refractivity contribution in [1.82, 2.24) is 4.98 Å². The minimum atomic E-state index is -0.927. The Balaban J connectivity index is 2.18. The molecule has 4 nitrogen and oxygen atoms in total. The van der Waals surface area contributed by atoms with Crippen molar-refractivity contribution >= 4 is 17.7 Å². The molecule has 0 spiro atoms. The largest absolute Gasteiger partial charge is 0.478 e. The molecule has 1 N–H and O–H groups in total. The molecule has 100 valence electrons. The third kappa shape index (κ3) is 3.16. The van der Waals surface area contributed by atoms with E-state index in [0.29, 0.717) is 17.0 Å². The fraction of sp³-hybridized carbons (Fsp3) is 0.133. The summed E-state index contributed by atoms with van der Waals surface area (Å²) in [5.41, 5.74) is 2.30. The van der Waals surface area contributed by atoms with Crippen LogP contribution >= 0.6 is 11.8 Å². The number of thioether (sulfide) groups is 1. The Labute approximate surface area is 121 Å². The number of aromatic carboxylic acids is 1. The molecule has 2 rings (SSSR count). The van der Waals surface area contributed by atoms with Crippen molar-refractivity contribution in [1.29, 1.82) is 5.26 Å². The highest BCUT2D eigenvalue weighted by Crippen LogP contribution is 2.25. The van der Waals surface area contributed by atoms with Crippen molar-refractivity contribution in [2.45, 2.75) is 17.6 Å². The zero-order chi connectivity index (χ0) is 14.5. The Morgan fingerprint density at radius 1 is 1.45 bits per heavy atom. The SMILES string of the molecule is Cc1ccc(SCc2cccnc2C#N)cc1C(=O)O. The van der Waals surface area contributed by atoms with Gasteiger partial charge >= 0.3 is 5.97 Å². The van der Waals surface area contributed by atoms with Gasteiger partial charge in [-0.3, -0.25) is 0 Å². The molecular weight excluding hydrogens is 272 g/mol. The highest BCUT2D eigenvalue weighted by molar-refractivity contribution is 7.98. The van der Waals surface area contributed by atoms with Crippen LogP contribution in [0.1, 0.15) is 27.2 Å². The van der Waals surface area contributed by atoms with Gasteiger partial charge in [-0.15, -0.1) is 11.8 Å². The molecule has 2 aromatic rings. The van der Waals surface area contributed by atoms with Crippen molar-refractivity contribution in [3.8, 4) is 6.07 Å². The van der Waals surface area contributed by atoms with Gasteiger partial charge in [0.15, 0.2) is 0 Å². The molecule has 1 aromatic carbocycles. The van der Waals surface area contributed by atoms with Crippen LogP contribution in [0, 0.1) is 18.3 Å². The van der Waals surface area contributed by atoms with Crippen LogP contribution in [0.3, 0.4) is 0 Å². The van der Waals surface area contributed by atoms with Gasteiger partial charge in [0, 0.05) is 16.8 Å². The van der Waals surface area contributed by atoms with E-state index in [1.807, 2.05) is 12.1 Å². The summed E-state index contributed by atoms with van der Waals surface area (Å²) in [5.74, 6) is -0.345. The summed E-state index contributed by atoms with van der Waals surface area (Å²) >= 11 is 1.49. The second-order valence-electron chi connectivity index (χ2n) is 4.19. The van der Waals surface area contributed by atoms with Crippen LogP contribution < -0.4 is 0 Å². The second kappa shape index (κ2) is 6.22. The average molecular weight is 284 g/mol. The highest BCUT2D eigenvalue weighted by atomic mass is 32.2. The zero-order valence-electron chi connectivity index (χ0n) is 10.8. The van der Waals surface area contributed by atoms with E-state index in [1.54, 1.807) is 31.3 Å². The van der Waals surface area contributed by atoms with Gasteiger partial charge in [0.1, 0.15) is 11.8 Å². The van der Waals surface area contributed by atoms with E-state index in [1.165, 1.54) is 11.8 Å². The Hall–Kier alpha value is -2.32. The lowest BCUT2D eigenvalue weighted by Gasteiger charge is -2.06. The van der Waals surface area contributed by atoms with E-state index in [2.05, 4.69) is 11.1 Å². The number of benzene rings is 1. The number of aryl methyl sites for hydroxylation is 1. The molecule has 0 bridgehead atoms. The lowest BCUT2D eigenvalue weighted by Crippen LogP contribution is -1.99. The number of carbonyl (C=O) groups is 1. The summed E-state index contributed by atoms with van der Waals surface area (Å²) < 4.78 is 0. The molecule has 20 heavy (non-hydrogen) atoms. The average Bonchev–Trinajstić information content (AvgIpc) is 2.46. The number of rotatable bonds is 4. The number of carboxylic acid groups (broad SMARTS) is 1. The summed E-state index contributed by atoms with van der Waals surface area (Å²) in [4.78, 5) is 15.9. The van der Waals surface area contributed by atoms with Gasteiger partial charge in [-0.1, -0.05) is 12.1 Å². The molecule has 0 aliphatic heterocycles. The fourth-order valence-corrected chi connectivity index (χ4v) is 2.66. The van der Waals surface area contributed by atoms with E-state index in [9.17, 15) is 4.79 Å². The Kier molecular flexibility index (Phi) is 4.38. The van der Waals surface area contributed by atoms with Crippen LogP contribution in [0.2, 0.25) is 0 Å². The maximum atomic E-state index is 11.1. The van der Waals surface area contributed by atoms with Gasteiger partial charge in [0.05, 0.1) is 5.56 Å². The molecule has 0 radical (unpaired) electrons. The number of nitrogens with zero attached hydrogens (tertiary/aromatic N) is 2. The van der Waals surface area contributed by atoms with Gasteiger partial charge < -0.3 is 5.11 Å². The quantitative estimate of drug-likeness (QED) is 0.872. The van der Waals surface area contributed by atoms with Crippen molar-refractivity contribution < 1.29 is 9.90 Å². The fourth-order valence-electron chi connectivity index (χ4n) is 1.74. The molecule has 1 aromatic heterocycles. The molecule has 5 heteroatoms. The zero-order valence-corrected chi connectivity index (χ0v) is 11.6. The van der Waals surface area contributed by atoms with Crippen molar-refractivity contribution in [2.75, 3.05) is 0 Å². The highest BCUT2D eigenvalue weighted by Gasteiger charge is 2.09. The lowest BCUT2D eigenvalue weighted by atomic mass is 10.1. The summed E-state index contributed by atoms with van der Waals surface area (Å²) in [6, 6.07) is 11.0.